The minimum Gasteiger partial charge on any atom is -0.366 e. The van der Waals surface area contributed by atoms with Gasteiger partial charge in [0.25, 0.3) is 0 Å². The quantitative estimate of drug-likeness (QED) is 0.271. The van der Waals surface area contributed by atoms with Crippen molar-refractivity contribution in [2.75, 3.05) is 13.1 Å². The molecule has 0 saturated carbocycles. The molecular formula is C23H43N3O. The third kappa shape index (κ3) is 11.3. The van der Waals surface area contributed by atoms with Gasteiger partial charge in [0.05, 0.1) is 6.54 Å². The van der Waals surface area contributed by atoms with Crippen molar-refractivity contribution in [3.05, 3.63) is 12.2 Å². The molecule has 0 amide bonds. The molecule has 0 aliphatic carbocycles. The molecule has 0 aromatic heterocycles. The van der Waals surface area contributed by atoms with Gasteiger partial charge in [0.1, 0.15) is 0 Å². The van der Waals surface area contributed by atoms with Gasteiger partial charge in [0.2, 0.25) is 5.78 Å². The summed E-state index contributed by atoms with van der Waals surface area (Å²) in [6.07, 6.45) is 21.0. The molecule has 0 fully saturated rings. The predicted molar refractivity (Wildman–Crippen MR) is 117 cm³/mol. The Morgan fingerprint density at radius 1 is 1.04 bits per heavy atom. The van der Waals surface area contributed by atoms with Crippen molar-refractivity contribution in [2.45, 2.75) is 103 Å². The average molecular weight is 378 g/mol. The van der Waals surface area contributed by atoms with Crippen LogP contribution in [-0.4, -0.2) is 30.8 Å². The molecule has 2 unspecified atom stereocenters. The summed E-state index contributed by atoms with van der Waals surface area (Å²) < 4.78 is 0. The van der Waals surface area contributed by atoms with Crippen LogP contribution in [0.15, 0.2) is 17.1 Å². The highest BCUT2D eigenvalue weighted by Gasteiger charge is 2.27. The summed E-state index contributed by atoms with van der Waals surface area (Å²) in [5.41, 5.74) is 6.05. The third-order valence-corrected chi connectivity index (χ3v) is 5.41. The lowest BCUT2D eigenvalue weighted by Crippen LogP contribution is -2.40. The Morgan fingerprint density at radius 3 is 2.19 bits per heavy atom. The number of carbonyl (C=O) groups is 1. The van der Waals surface area contributed by atoms with Crippen LogP contribution in [0.3, 0.4) is 0 Å². The number of aliphatic imine (C=N–C) groups is 1. The number of nitrogens with one attached hydrogen (secondary N) is 1. The lowest BCUT2D eigenvalue weighted by atomic mass is 9.90. The first-order valence-corrected chi connectivity index (χ1v) is 11.4. The molecule has 27 heavy (non-hydrogen) atoms. The van der Waals surface area contributed by atoms with Crippen LogP contribution in [0.2, 0.25) is 0 Å². The number of nitrogens with zero attached hydrogens (tertiary/aromatic N) is 1. The molecule has 0 bridgehead atoms. The van der Waals surface area contributed by atoms with E-state index in [1.54, 1.807) is 0 Å². The third-order valence-electron chi connectivity index (χ3n) is 5.41. The number of Topliss-reactive ketones (excluding diaryl/α,β-unsaturated/α-hetero) is 1. The van der Waals surface area contributed by atoms with Crippen molar-refractivity contribution in [3.8, 4) is 0 Å². The molecule has 0 aromatic carbocycles. The maximum Gasteiger partial charge on any atom is 0.201 e. The van der Waals surface area contributed by atoms with E-state index in [1.807, 2.05) is 6.92 Å². The van der Waals surface area contributed by atoms with Gasteiger partial charge < -0.3 is 11.1 Å². The smallest absolute Gasteiger partial charge is 0.201 e. The highest BCUT2D eigenvalue weighted by molar-refractivity contribution is 6.40. The van der Waals surface area contributed by atoms with Crippen LogP contribution in [0.1, 0.15) is 97.3 Å². The molecular weight excluding hydrogens is 334 g/mol. The Balaban J connectivity index is 2.00. The first-order valence-electron chi connectivity index (χ1n) is 11.4. The zero-order chi connectivity index (χ0) is 19.7. The Hall–Kier alpha value is -1.16. The average Bonchev–Trinajstić information content (AvgIpc) is 3.19. The number of unbranched alkanes of at least 4 members (excludes halogenated alkanes) is 10. The Bertz CT molecular complexity index is 443. The Labute approximate surface area is 167 Å². The molecule has 1 aliphatic heterocycles. The van der Waals surface area contributed by atoms with Crippen LogP contribution in [0.5, 0.6) is 0 Å². The number of allylic oxidation sites excluding steroid dienone is 2. The van der Waals surface area contributed by atoms with Gasteiger partial charge in [-0.3, -0.25) is 9.79 Å². The van der Waals surface area contributed by atoms with Gasteiger partial charge in [-0.05, 0) is 39.0 Å². The first-order chi connectivity index (χ1) is 13.2. The van der Waals surface area contributed by atoms with Gasteiger partial charge in [0.15, 0.2) is 5.84 Å². The van der Waals surface area contributed by atoms with E-state index in [0.717, 1.165) is 19.4 Å². The number of nitrogens with two attached hydrogens (primary N) is 1. The molecule has 1 heterocycles. The molecule has 3 N–H and O–H groups in total. The van der Waals surface area contributed by atoms with Gasteiger partial charge >= 0.3 is 0 Å². The highest BCUT2D eigenvalue weighted by atomic mass is 16.1. The number of rotatable bonds is 17. The fourth-order valence-electron chi connectivity index (χ4n) is 3.63. The lowest BCUT2D eigenvalue weighted by molar-refractivity contribution is -0.117. The number of hydrogen-bond acceptors (Lipinski definition) is 4. The SMILES string of the molecule is CCCCCCCCC=CCCCCCCC(C(=O)C1=NCCN1)C(C)N. The zero-order valence-electron chi connectivity index (χ0n) is 17.8. The molecule has 1 rings (SSSR count). The summed E-state index contributed by atoms with van der Waals surface area (Å²) >= 11 is 0. The van der Waals surface area contributed by atoms with Crippen LogP contribution in [0, 0.1) is 5.92 Å². The van der Waals surface area contributed by atoms with E-state index in [2.05, 4.69) is 29.4 Å². The van der Waals surface area contributed by atoms with Crippen LogP contribution < -0.4 is 11.1 Å². The summed E-state index contributed by atoms with van der Waals surface area (Å²) in [5.74, 6) is 0.569. The molecule has 0 radical (unpaired) electrons. The van der Waals surface area contributed by atoms with Gasteiger partial charge in [-0.2, -0.15) is 0 Å². The van der Waals surface area contributed by atoms with Gasteiger partial charge in [-0.1, -0.05) is 70.4 Å². The van der Waals surface area contributed by atoms with Crippen molar-refractivity contribution in [1.29, 1.82) is 0 Å². The summed E-state index contributed by atoms with van der Waals surface area (Å²) in [6.45, 7) is 5.69. The Morgan fingerprint density at radius 2 is 1.63 bits per heavy atom. The fraction of sp³-hybridized carbons (Fsp3) is 0.826. The van der Waals surface area contributed by atoms with Gasteiger partial charge in [-0.25, -0.2) is 0 Å². The normalized spacial score (nSPS) is 16.3. The highest BCUT2D eigenvalue weighted by Crippen LogP contribution is 2.17. The molecule has 2 atom stereocenters. The predicted octanol–water partition coefficient (Wildman–Crippen LogP) is 5.17. The standard InChI is InChI=1S/C23H43N3O/c1-3-4-5-6-7-8-9-10-11-12-13-14-15-16-17-21(20(2)24)22(27)23-25-18-19-26-23/h10-11,20-21H,3-9,12-19,24H2,1-2H3,(H,25,26). The zero-order valence-corrected chi connectivity index (χ0v) is 17.8. The van der Waals surface area contributed by atoms with Crippen LogP contribution in [0.25, 0.3) is 0 Å². The minimum atomic E-state index is -0.104. The molecule has 0 spiro atoms. The number of ketones is 1. The molecule has 4 nitrogen and oxygen atoms in total. The minimum absolute atomic E-state index is 0.0911. The second-order valence-electron chi connectivity index (χ2n) is 8.01. The van der Waals surface area contributed by atoms with Crippen molar-refractivity contribution in [3.63, 3.8) is 0 Å². The fourth-order valence-corrected chi connectivity index (χ4v) is 3.63. The molecule has 4 heteroatoms. The van der Waals surface area contributed by atoms with Crippen LogP contribution >= 0.6 is 0 Å². The van der Waals surface area contributed by atoms with Crippen molar-refractivity contribution in [2.24, 2.45) is 16.6 Å². The van der Waals surface area contributed by atoms with E-state index >= 15 is 0 Å². The van der Waals surface area contributed by atoms with Gasteiger partial charge in [0, 0.05) is 18.5 Å². The second-order valence-corrected chi connectivity index (χ2v) is 8.01. The number of amidine groups is 1. The largest absolute Gasteiger partial charge is 0.366 e. The van der Waals surface area contributed by atoms with Crippen molar-refractivity contribution >= 4 is 11.6 Å². The summed E-state index contributed by atoms with van der Waals surface area (Å²) in [7, 11) is 0. The molecule has 1 aliphatic rings. The first kappa shape index (κ1) is 23.9. The van der Waals surface area contributed by atoms with Crippen LogP contribution in [-0.2, 0) is 4.79 Å². The lowest BCUT2D eigenvalue weighted by Gasteiger charge is -2.19. The van der Waals surface area contributed by atoms with E-state index in [1.165, 1.54) is 70.6 Å². The Kier molecular flexibility index (Phi) is 14.0. The van der Waals surface area contributed by atoms with Gasteiger partial charge in [-0.15, -0.1) is 0 Å². The van der Waals surface area contributed by atoms with E-state index in [9.17, 15) is 4.79 Å². The summed E-state index contributed by atoms with van der Waals surface area (Å²) in [6, 6.07) is -0.104. The van der Waals surface area contributed by atoms with E-state index in [-0.39, 0.29) is 17.7 Å². The van der Waals surface area contributed by atoms with E-state index < -0.39 is 0 Å². The van der Waals surface area contributed by atoms with Crippen molar-refractivity contribution < 1.29 is 4.79 Å². The summed E-state index contributed by atoms with van der Waals surface area (Å²) in [4.78, 5) is 16.7. The molecule has 0 saturated heterocycles. The summed E-state index contributed by atoms with van der Waals surface area (Å²) in [5, 5.41) is 3.08. The topological polar surface area (TPSA) is 67.5 Å². The number of hydrogen-bond donors (Lipinski definition) is 2. The molecule has 156 valence electrons. The monoisotopic (exact) mass is 377 g/mol. The van der Waals surface area contributed by atoms with E-state index in [0.29, 0.717) is 12.4 Å². The maximum absolute atomic E-state index is 12.5. The number of carbonyl (C=O) groups excluding carboxylic acids is 1. The van der Waals surface area contributed by atoms with Crippen molar-refractivity contribution in [1.82, 2.24) is 5.32 Å². The maximum atomic E-state index is 12.5. The molecule has 0 aromatic rings. The van der Waals surface area contributed by atoms with E-state index in [4.69, 9.17) is 5.73 Å². The second kappa shape index (κ2) is 15.9. The van der Waals surface area contributed by atoms with Crippen LogP contribution in [0.4, 0.5) is 0 Å².